The topological polar surface area (TPSA) is 60.2 Å². The second-order valence-corrected chi connectivity index (χ2v) is 9.67. The SMILES string of the molecule is Cc1cc(C2=NO[C@@](c3cc(Cl)c(F)c(Cl)c3)(C(F)(F)F)C2)ccc1C(=O)C[C@@H]1CC(Br)=NO1. The number of carbonyl (C=O) groups is 1. The lowest BCUT2D eigenvalue weighted by Gasteiger charge is -2.29. The van der Waals surface area contributed by atoms with Crippen LogP contribution >= 0.6 is 39.1 Å². The minimum absolute atomic E-state index is 0.00690. The summed E-state index contributed by atoms with van der Waals surface area (Å²) >= 11 is 14.7. The van der Waals surface area contributed by atoms with E-state index in [1.807, 2.05) is 0 Å². The van der Waals surface area contributed by atoms with Crippen LogP contribution in [0.5, 0.6) is 0 Å². The summed E-state index contributed by atoms with van der Waals surface area (Å²) in [5.74, 6) is -1.21. The highest BCUT2D eigenvalue weighted by Crippen LogP contribution is 2.50. The molecule has 0 aromatic heterocycles. The van der Waals surface area contributed by atoms with Gasteiger partial charge in [0.05, 0.1) is 22.2 Å². The van der Waals surface area contributed by atoms with Crippen LogP contribution in [-0.2, 0) is 15.3 Å². The zero-order valence-electron chi connectivity index (χ0n) is 17.4. The second kappa shape index (κ2) is 9.13. The van der Waals surface area contributed by atoms with Gasteiger partial charge in [-0.05, 0) is 52.2 Å². The van der Waals surface area contributed by atoms with Crippen molar-refractivity contribution >= 4 is 55.2 Å². The lowest BCUT2D eigenvalue weighted by molar-refractivity contribution is -0.275. The number of rotatable bonds is 5. The van der Waals surface area contributed by atoms with Gasteiger partial charge in [0.15, 0.2) is 11.6 Å². The monoisotopic (exact) mass is 580 g/mol. The first-order valence-electron chi connectivity index (χ1n) is 9.90. The predicted octanol–water partition coefficient (Wildman–Crippen LogP) is 7.09. The summed E-state index contributed by atoms with van der Waals surface area (Å²) < 4.78 is 56.9. The first kappa shape index (κ1) is 24.9. The van der Waals surface area contributed by atoms with Crippen molar-refractivity contribution < 1.29 is 32.0 Å². The molecule has 0 fully saturated rings. The van der Waals surface area contributed by atoms with Gasteiger partial charge < -0.3 is 9.68 Å². The summed E-state index contributed by atoms with van der Waals surface area (Å²) in [6.07, 6.45) is -5.40. The molecule has 34 heavy (non-hydrogen) atoms. The van der Waals surface area contributed by atoms with Crippen molar-refractivity contribution in [3.8, 4) is 0 Å². The van der Waals surface area contributed by atoms with Gasteiger partial charge in [-0.15, -0.1) is 0 Å². The standard InChI is InChI=1S/C22H15BrCl2F4N2O3/c1-10-4-11(2-3-14(10)18(32)7-13-8-19(23)31-33-13)17-9-21(34-30-17,22(27,28)29)12-5-15(24)20(26)16(25)6-12/h2-6,13H,7-9H2,1H3/t13-,21+/m1/s1. The highest BCUT2D eigenvalue weighted by molar-refractivity contribution is 9.18. The van der Waals surface area contributed by atoms with Crippen molar-refractivity contribution in [3.63, 3.8) is 0 Å². The van der Waals surface area contributed by atoms with E-state index in [0.717, 1.165) is 12.1 Å². The third-order valence-electron chi connectivity index (χ3n) is 5.61. The van der Waals surface area contributed by atoms with Crippen LogP contribution < -0.4 is 0 Å². The maximum atomic E-state index is 14.2. The van der Waals surface area contributed by atoms with E-state index in [2.05, 4.69) is 26.2 Å². The molecule has 2 atom stereocenters. The molecular weight excluding hydrogens is 567 g/mol. The first-order valence-corrected chi connectivity index (χ1v) is 11.5. The van der Waals surface area contributed by atoms with Crippen molar-refractivity contribution in [1.29, 1.82) is 0 Å². The Morgan fingerprint density at radius 1 is 1.21 bits per heavy atom. The van der Waals surface area contributed by atoms with Gasteiger partial charge >= 0.3 is 6.18 Å². The minimum Gasteiger partial charge on any atom is -0.391 e. The van der Waals surface area contributed by atoms with Crippen LogP contribution in [0.25, 0.3) is 0 Å². The zero-order valence-corrected chi connectivity index (χ0v) is 20.4. The Morgan fingerprint density at radius 3 is 2.44 bits per heavy atom. The van der Waals surface area contributed by atoms with Crippen LogP contribution in [0.4, 0.5) is 17.6 Å². The third kappa shape index (κ3) is 4.55. The Morgan fingerprint density at radius 2 is 1.88 bits per heavy atom. The lowest BCUT2D eigenvalue weighted by Crippen LogP contribution is -2.42. The predicted molar refractivity (Wildman–Crippen MR) is 122 cm³/mol. The number of nitrogens with zero attached hydrogens (tertiary/aromatic N) is 2. The molecule has 0 bridgehead atoms. The van der Waals surface area contributed by atoms with Crippen LogP contribution in [0.1, 0.15) is 46.3 Å². The molecule has 0 radical (unpaired) electrons. The number of hydrogen-bond acceptors (Lipinski definition) is 5. The normalized spacial score (nSPS) is 22.2. The van der Waals surface area contributed by atoms with Gasteiger partial charge in [0.25, 0.3) is 5.60 Å². The molecule has 2 aliphatic heterocycles. The number of Topliss-reactive ketones (excluding diaryl/α,β-unsaturated/α-hetero) is 1. The van der Waals surface area contributed by atoms with Gasteiger partial charge in [0, 0.05) is 24.0 Å². The molecule has 12 heteroatoms. The highest BCUT2D eigenvalue weighted by Gasteiger charge is 2.62. The average Bonchev–Trinajstić information content (AvgIpc) is 3.38. The van der Waals surface area contributed by atoms with Gasteiger partial charge in [0.1, 0.15) is 10.7 Å². The van der Waals surface area contributed by atoms with E-state index in [1.165, 1.54) is 12.1 Å². The van der Waals surface area contributed by atoms with Gasteiger partial charge in [-0.2, -0.15) is 13.2 Å². The third-order valence-corrected chi connectivity index (χ3v) is 6.62. The summed E-state index contributed by atoms with van der Waals surface area (Å²) in [6, 6.07) is 6.25. The van der Waals surface area contributed by atoms with Crippen molar-refractivity contribution in [2.75, 3.05) is 0 Å². The smallest absolute Gasteiger partial charge is 0.391 e. The molecule has 180 valence electrons. The number of benzene rings is 2. The van der Waals surface area contributed by atoms with E-state index < -0.39 is 39.6 Å². The average molecular weight is 582 g/mol. The molecular formula is C22H15BrCl2F4N2O3. The maximum Gasteiger partial charge on any atom is 0.435 e. The molecule has 0 saturated carbocycles. The quantitative estimate of drug-likeness (QED) is 0.215. The van der Waals surface area contributed by atoms with Crippen LogP contribution in [0.15, 0.2) is 40.6 Å². The number of oxime groups is 2. The van der Waals surface area contributed by atoms with E-state index in [1.54, 1.807) is 13.0 Å². The van der Waals surface area contributed by atoms with Crippen molar-refractivity contribution in [2.24, 2.45) is 10.3 Å². The van der Waals surface area contributed by atoms with E-state index in [0.29, 0.717) is 27.7 Å². The van der Waals surface area contributed by atoms with Gasteiger partial charge in [0.2, 0.25) is 0 Å². The van der Waals surface area contributed by atoms with Gasteiger partial charge in [-0.3, -0.25) is 4.79 Å². The molecule has 2 aromatic rings. The number of alkyl halides is 3. The molecule has 2 aromatic carbocycles. The van der Waals surface area contributed by atoms with E-state index in [4.69, 9.17) is 32.9 Å². The lowest BCUT2D eigenvalue weighted by atomic mass is 9.86. The molecule has 5 nitrogen and oxygen atoms in total. The minimum atomic E-state index is -4.91. The number of hydrogen-bond donors (Lipinski definition) is 0. The van der Waals surface area contributed by atoms with Crippen LogP contribution in [0.3, 0.4) is 0 Å². The molecule has 0 unspecified atom stereocenters. The number of halogens is 7. The molecule has 0 amide bonds. The number of aryl methyl sites for hydroxylation is 1. The summed E-state index contributed by atoms with van der Waals surface area (Å²) in [4.78, 5) is 22.8. The van der Waals surface area contributed by atoms with Crippen molar-refractivity contribution in [2.45, 2.75) is 44.1 Å². The van der Waals surface area contributed by atoms with E-state index in [-0.39, 0.29) is 24.0 Å². The van der Waals surface area contributed by atoms with Crippen LogP contribution in [0.2, 0.25) is 10.0 Å². The second-order valence-electron chi connectivity index (χ2n) is 7.94. The molecule has 2 heterocycles. The number of carbonyl (C=O) groups excluding carboxylic acids is 1. The zero-order chi connectivity index (χ0) is 24.8. The van der Waals surface area contributed by atoms with E-state index >= 15 is 0 Å². The molecule has 0 saturated heterocycles. The van der Waals surface area contributed by atoms with E-state index in [9.17, 15) is 22.4 Å². The molecule has 0 spiro atoms. The Bertz CT molecular complexity index is 1210. The Labute approximate surface area is 209 Å². The number of ketones is 1. The maximum absolute atomic E-state index is 14.2. The van der Waals surface area contributed by atoms with Gasteiger partial charge in [-0.25, -0.2) is 4.39 Å². The highest BCUT2D eigenvalue weighted by atomic mass is 79.9. The summed E-state index contributed by atoms with van der Waals surface area (Å²) in [7, 11) is 0. The molecule has 0 N–H and O–H groups in total. The largest absolute Gasteiger partial charge is 0.435 e. The fourth-order valence-corrected chi connectivity index (χ4v) is 4.76. The van der Waals surface area contributed by atoms with Crippen molar-refractivity contribution in [3.05, 3.63) is 68.4 Å². The Kier molecular flexibility index (Phi) is 6.69. The Hall–Kier alpha value is -2.17. The molecule has 4 rings (SSSR count). The van der Waals surface area contributed by atoms with Crippen LogP contribution in [-0.4, -0.2) is 28.4 Å². The van der Waals surface area contributed by atoms with Crippen LogP contribution in [0, 0.1) is 12.7 Å². The fourth-order valence-electron chi connectivity index (χ4n) is 3.82. The van der Waals surface area contributed by atoms with Gasteiger partial charge in [-0.1, -0.05) is 45.6 Å². The fraction of sp³-hybridized carbons (Fsp3) is 0.318. The summed E-state index contributed by atoms with van der Waals surface area (Å²) in [6.45, 7) is 1.67. The molecule has 2 aliphatic rings. The first-order chi connectivity index (χ1) is 15.9. The summed E-state index contributed by atoms with van der Waals surface area (Å²) in [5, 5.41) is 6.30. The summed E-state index contributed by atoms with van der Waals surface area (Å²) in [5.41, 5.74) is -2.04. The Balaban J connectivity index is 1.59. The molecule has 0 aliphatic carbocycles. The van der Waals surface area contributed by atoms with Crippen molar-refractivity contribution in [1.82, 2.24) is 0 Å².